The molecule has 2 heterocycles. The van der Waals surface area contributed by atoms with Crippen LogP contribution in [0, 0.1) is 20.8 Å². The van der Waals surface area contributed by atoms with E-state index in [0.717, 1.165) is 28.2 Å². The first-order valence-corrected chi connectivity index (χ1v) is 8.68. The Bertz CT molecular complexity index is 1050. The number of hydrogen-bond donors (Lipinski definition) is 1. The number of esters is 1. The van der Waals surface area contributed by atoms with Gasteiger partial charge in [0.05, 0.1) is 25.2 Å². The molecule has 0 aliphatic carbocycles. The van der Waals surface area contributed by atoms with Gasteiger partial charge < -0.3 is 13.7 Å². The molecule has 0 bridgehead atoms. The van der Waals surface area contributed by atoms with E-state index in [4.69, 9.17) is 9.15 Å². The normalized spacial score (nSPS) is 11.0. The van der Waals surface area contributed by atoms with E-state index < -0.39 is 5.91 Å². The number of carbonyl (C=O) groups is 2. The second-order valence-electron chi connectivity index (χ2n) is 6.28. The summed E-state index contributed by atoms with van der Waals surface area (Å²) in [4.78, 5) is 23.9. The van der Waals surface area contributed by atoms with E-state index in [2.05, 4.69) is 10.5 Å². The number of aryl methyl sites for hydroxylation is 1. The summed E-state index contributed by atoms with van der Waals surface area (Å²) >= 11 is 0. The summed E-state index contributed by atoms with van der Waals surface area (Å²) in [7, 11) is 1.37. The molecule has 0 saturated carbocycles. The van der Waals surface area contributed by atoms with Crippen molar-refractivity contribution in [2.24, 2.45) is 5.10 Å². The Hall–Kier alpha value is -3.61. The number of benzene rings is 1. The SMILES string of the molecule is COC(=O)c1cccc(-n2c(C)cc(/C=N/NC(=O)c3ccco3)c2C)c1C. The first-order chi connectivity index (χ1) is 13.4. The molecule has 28 heavy (non-hydrogen) atoms. The van der Waals surface area contributed by atoms with Crippen molar-refractivity contribution in [3.8, 4) is 5.69 Å². The molecule has 3 rings (SSSR count). The van der Waals surface area contributed by atoms with Crippen molar-refractivity contribution >= 4 is 18.1 Å². The molecule has 1 amide bonds. The minimum absolute atomic E-state index is 0.192. The quantitative estimate of drug-likeness (QED) is 0.417. The highest BCUT2D eigenvalue weighted by Crippen LogP contribution is 2.25. The zero-order chi connectivity index (χ0) is 20.3. The maximum Gasteiger partial charge on any atom is 0.338 e. The van der Waals surface area contributed by atoms with Gasteiger partial charge >= 0.3 is 11.9 Å². The summed E-state index contributed by atoms with van der Waals surface area (Å²) in [6.45, 7) is 5.81. The monoisotopic (exact) mass is 379 g/mol. The second-order valence-corrected chi connectivity index (χ2v) is 6.28. The lowest BCUT2D eigenvalue weighted by atomic mass is 10.1. The first kappa shape index (κ1) is 19.2. The number of ether oxygens (including phenoxy) is 1. The molecule has 7 heteroatoms. The Labute approximate surface area is 162 Å². The van der Waals surface area contributed by atoms with Gasteiger partial charge in [-0.2, -0.15) is 5.10 Å². The molecule has 0 saturated heterocycles. The molecule has 0 unspecified atom stereocenters. The zero-order valence-electron chi connectivity index (χ0n) is 16.1. The fraction of sp³-hybridized carbons (Fsp3) is 0.190. The number of hydrazone groups is 1. The molecule has 1 aromatic carbocycles. The van der Waals surface area contributed by atoms with E-state index in [9.17, 15) is 9.59 Å². The molecule has 0 radical (unpaired) electrons. The Kier molecular flexibility index (Phi) is 5.44. The van der Waals surface area contributed by atoms with E-state index in [1.165, 1.54) is 13.4 Å². The third-order valence-corrected chi connectivity index (χ3v) is 4.54. The van der Waals surface area contributed by atoms with Crippen LogP contribution in [0.1, 0.15) is 43.4 Å². The Balaban J connectivity index is 1.90. The van der Waals surface area contributed by atoms with Crippen LogP contribution in [0.15, 0.2) is 52.2 Å². The third kappa shape index (κ3) is 3.59. The van der Waals surface area contributed by atoms with Gasteiger partial charge in [-0.15, -0.1) is 0 Å². The summed E-state index contributed by atoms with van der Waals surface area (Å²) in [5.41, 5.74) is 7.42. The van der Waals surface area contributed by atoms with Gasteiger partial charge in [0.2, 0.25) is 0 Å². The molecular weight excluding hydrogens is 358 g/mol. The van der Waals surface area contributed by atoms with Gasteiger partial charge in [0.25, 0.3) is 0 Å². The lowest BCUT2D eigenvalue weighted by molar-refractivity contribution is 0.0599. The zero-order valence-corrected chi connectivity index (χ0v) is 16.1. The molecule has 0 spiro atoms. The number of carbonyl (C=O) groups excluding carboxylic acids is 2. The maximum absolute atomic E-state index is 12.0. The lowest BCUT2D eigenvalue weighted by Crippen LogP contribution is -2.16. The fourth-order valence-corrected chi connectivity index (χ4v) is 3.11. The molecule has 144 valence electrons. The van der Waals surface area contributed by atoms with Crippen molar-refractivity contribution in [1.82, 2.24) is 9.99 Å². The largest absolute Gasteiger partial charge is 0.465 e. The highest BCUT2D eigenvalue weighted by molar-refractivity contribution is 5.93. The minimum atomic E-state index is -0.420. The van der Waals surface area contributed by atoms with Gasteiger partial charge in [-0.3, -0.25) is 4.79 Å². The summed E-state index contributed by atoms with van der Waals surface area (Å²) in [6.07, 6.45) is 3.01. The van der Waals surface area contributed by atoms with E-state index in [1.54, 1.807) is 24.4 Å². The van der Waals surface area contributed by atoms with Crippen molar-refractivity contribution < 1.29 is 18.7 Å². The van der Waals surface area contributed by atoms with Crippen LogP contribution in [-0.4, -0.2) is 29.8 Å². The number of nitrogens with one attached hydrogen (secondary N) is 1. The third-order valence-electron chi connectivity index (χ3n) is 4.54. The van der Waals surface area contributed by atoms with Gasteiger partial charge in [0.15, 0.2) is 5.76 Å². The van der Waals surface area contributed by atoms with Gasteiger partial charge in [0, 0.05) is 22.6 Å². The van der Waals surface area contributed by atoms with Gasteiger partial charge in [-0.1, -0.05) is 6.07 Å². The fourth-order valence-electron chi connectivity index (χ4n) is 3.11. The van der Waals surface area contributed by atoms with E-state index >= 15 is 0 Å². The molecule has 0 aliphatic heterocycles. The average molecular weight is 379 g/mol. The van der Waals surface area contributed by atoms with Crippen LogP contribution in [0.3, 0.4) is 0 Å². The Morgan fingerprint density at radius 2 is 1.96 bits per heavy atom. The van der Waals surface area contributed by atoms with Crippen LogP contribution in [0.25, 0.3) is 5.69 Å². The lowest BCUT2D eigenvalue weighted by Gasteiger charge is -2.15. The van der Waals surface area contributed by atoms with Crippen molar-refractivity contribution in [3.63, 3.8) is 0 Å². The predicted octanol–water partition coefficient (Wildman–Crippen LogP) is 3.55. The van der Waals surface area contributed by atoms with Gasteiger partial charge in [-0.05, 0) is 56.7 Å². The van der Waals surface area contributed by atoms with Gasteiger partial charge in [-0.25, -0.2) is 10.2 Å². The first-order valence-electron chi connectivity index (χ1n) is 8.68. The average Bonchev–Trinajstić information content (AvgIpc) is 3.31. The van der Waals surface area contributed by atoms with E-state index in [0.29, 0.717) is 5.56 Å². The Morgan fingerprint density at radius 3 is 2.64 bits per heavy atom. The van der Waals surface area contributed by atoms with Crippen LogP contribution in [0.4, 0.5) is 0 Å². The number of amides is 1. The number of hydrogen-bond acceptors (Lipinski definition) is 5. The second kappa shape index (κ2) is 7.96. The van der Waals surface area contributed by atoms with Crippen LogP contribution >= 0.6 is 0 Å². The number of aromatic nitrogens is 1. The standard InChI is InChI=1S/C21H21N3O4/c1-13-11-16(12-22-23-20(25)19-9-6-10-28-19)15(3)24(13)18-8-5-7-17(14(18)2)21(26)27-4/h5-12H,1-4H3,(H,23,25)/b22-12+. The molecule has 0 aliphatic rings. The summed E-state index contributed by atoms with van der Waals surface area (Å²) in [5.74, 6) is -0.598. The van der Waals surface area contributed by atoms with Crippen LogP contribution in [0.2, 0.25) is 0 Å². The minimum Gasteiger partial charge on any atom is -0.465 e. The van der Waals surface area contributed by atoms with Crippen LogP contribution in [-0.2, 0) is 4.74 Å². The molecule has 2 aromatic heterocycles. The number of methoxy groups -OCH3 is 1. The molecule has 1 N–H and O–H groups in total. The van der Waals surface area contributed by atoms with Crippen molar-refractivity contribution in [2.45, 2.75) is 20.8 Å². The highest BCUT2D eigenvalue weighted by atomic mass is 16.5. The predicted molar refractivity (Wildman–Crippen MR) is 105 cm³/mol. The summed E-state index contributed by atoms with van der Waals surface area (Å²) in [6, 6.07) is 10.7. The topological polar surface area (TPSA) is 85.8 Å². The maximum atomic E-state index is 12.0. The molecule has 0 fully saturated rings. The molecular formula is C21H21N3O4. The molecule has 3 aromatic rings. The smallest absolute Gasteiger partial charge is 0.338 e. The molecule has 0 atom stereocenters. The number of rotatable bonds is 5. The molecule has 7 nitrogen and oxygen atoms in total. The van der Waals surface area contributed by atoms with Crippen molar-refractivity contribution in [3.05, 3.63) is 76.5 Å². The van der Waals surface area contributed by atoms with E-state index in [-0.39, 0.29) is 11.7 Å². The van der Waals surface area contributed by atoms with Crippen LogP contribution in [0.5, 0.6) is 0 Å². The van der Waals surface area contributed by atoms with Crippen molar-refractivity contribution in [1.29, 1.82) is 0 Å². The van der Waals surface area contributed by atoms with Gasteiger partial charge in [0.1, 0.15) is 0 Å². The number of nitrogens with zero attached hydrogens (tertiary/aromatic N) is 2. The summed E-state index contributed by atoms with van der Waals surface area (Å²) in [5, 5.41) is 4.02. The van der Waals surface area contributed by atoms with Crippen molar-refractivity contribution in [2.75, 3.05) is 7.11 Å². The number of furan rings is 1. The highest BCUT2D eigenvalue weighted by Gasteiger charge is 2.16. The Morgan fingerprint density at radius 1 is 1.18 bits per heavy atom. The van der Waals surface area contributed by atoms with E-state index in [1.807, 2.05) is 43.5 Å². The summed E-state index contributed by atoms with van der Waals surface area (Å²) < 4.78 is 11.9. The van der Waals surface area contributed by atoms with Crippen LogP contribution < -0.4 is 5.43 Å².